The molecule has 2 aromatic carbocycles. The van der Waals surface area contributed by atoms with Gasteiger partial charge in [-0.3, -0.25) is 0 Å². The van der Waals surface area contributed by atoms with Gasteiger partial charge >= 0.3 is 0 Å². The normalized spacial score (nSPS) is 10.1. The summed E-state index contributed by atoms with van der Waals surface area (Å²) in [6.45, 7) is 3.50. The molecule has 104 valence electrons. The number of thiocarbonyl (C=S) groups is 1. The van der Waals surface area contributed by atoms with Crippen LogP contribution >= 0.6 is 12.2 Å². The fourth-order valence-electron chi connectivity index (χ4n) is 1.94. The highest BCUT2D eigenvalue weighted by Crippen LogP contribution is 2.12. The lowest BCUT2D eigenvalue weighted by Crippen LogP contribution is -2.24. The zero-order valence-corrected chi connectivity index (χ0v) is 12.5. The van der Waals surface area contributed by atoms with Crippen LogP contribution in [-0.4, -0.2) is 18.1 Å². The molecule has 0 fully saturated rings. The van der Waals surface area contributed by atoms with Crippen molar-refractivity contribution in [2.45, 2.75) is 13.3 Å². The van der Waals surface area contributed by atoms with E-state index in [1.54, 1.807) is 0 Å². The summed E-state index contributed by atoms with van der Waals surface area (Å²) in [5.41, 5.74) is 2.34. The zero-order valence-electron chi connectivity index (χ0n) is 11.6. The van der Waals surface area contributed by atoms with Crippen molar-refractivity contribution in [2.24, 2.45) is 0 Å². The van der Waals surface area contributed by atoms with E-state index < -0.39 is 0 Å². The molecule has 0 saturated carbocycles. The molecule has 0 radical (unpaired) electrons. The summed E-state index contributed by atoms with van der Waals surface area (Å²) in [5.74, 6) is 0.878. The van der Waals surface area contributed by atoms with E-state index in [2.05, 4.69) is 29.6 Å². The lowest BCUT2D eigenvalue weighted by Gasteiger charge is -2.09. The van der Waals surface area contributed by atoms with Gasteiger partial charge in [0.15, 0.2) is 0 Å². The molecule has 0 aromatic heterocycles. The summed E-state index contributed by atoms with van der Waals surface area (Å²) in [5, 5.41) is 3.29. The Morgan fingerprint density at radius 2 is 1.75 bits per heavy atom. The van der Waals surface area contributed by atoms with E-state index in [4.69, 9.17) is 17.0 Å². The Morgan fingerprint density at radius 3 is 2.40 bits per heavy atom. The predicted octanol–water partition coefficient (Wildman–Crippen LogP) is 3.59. The highest BCUT2D eigenvalue weighted by Gasteiger charge is 2.01. The van der Waals surface area contributed by atoms with E-state index in [0.717, 1.165) is 29.3 Å². The second-order valence-corrected chi connectivity index (χ2v) is 4.86. The molecule has 2 aromatic rings. The van der Waals surface area contributed by atoms with Crippen LogP contribution in [0.5, 0.6) is 5.75 Å². The Bertz CT molecular complexity index is 537. The molecule has 0 saturated heterocycles. The van der Waals surface area contributed by atoms with Gasteiger partial charge in [0.2, 0.25) is 0 Å². The van der Waals surface area contributed by atoms with Crippen LogP contribution in [0.25, 0.3) is 0 Å². The van der Waals surface area contributed by atoms with Crippen LogP contribution in [0.15, 0.2) is 54.6 Å². The fraction of sp³-hybridized carbons (Fsp3) is 0.235. The van der Waals surface area contributed by atoms with Crippen molar-refractivity contribution in [3.05, 3.63) is 65.7 Å². The van der Waals surface area contributed by atoms with E-state index in [1.807, 2.05) is 37.3 Å². The molecular weight excluding hydrogens is 266 g/mol. The maximum atomic E-state index is 5.42. The standard InChI is InChI=1S/C17H19NOS/c1-2-19-16-10-8-15(9-11-16)17(20)18-13-12-14-6-4-3-5-7-14/h3-11H,2,12-13H2,1H3,(H,18,20). The average Bonchev–Trinajstić information content (AvgIpc) is 2.49. The smallest absolute Gasteiger partial charge is 0.119 e. The molecule has 0 amide bonds. The maximum Gasteiger partial charge on any atom is 0.119 e. The third kappa shape index (κ3) is 4.35. The minimum atomic E-state index is 0.680. The number of ether oxygens (including phenoxy) is 1. The van der Waals surface area contributed by atoms with Gasteiger partial charge in [-0.15, -0.1) is 0 Å². The number of rotatable bonds is 6. The maximum absolute atomic E-state index is 5.42. The molecule has 0 unspecified atom stereocenters. The average molecular weight is 285 g/mol. The highest BCUT2D eigenvalue weighted by atomic mass is 32.1. The van der Waals surface area contributed by atoms with Crippen LogP contribution in [0.2, 0.25) is 0 Å². The molecule has 1 N–H and O–H groups in total. The summed E-state index contributed by atoms with van der Waals surface area (Å²) in [4.78, 5) is 0.781. The third-order valence-electron chi connectivity index (χ3n) is 2.97. The molecule has 0 atom stereocenters. The molecular formula is C17H19NOS. The van der Waals surface area contributed by atoms with Gasteiger partial charge in [0, 0.05) is 12.1 Å². The molecule has 0 aliphatic heterocycles. The van der Waals surface area contributed by atoms with Crippen LogP contribution < -0.4 is 10.1 Å². The Morgan fingerprint density at radius 1 is 1.05 bits per heavy atom. The first-order valence-corrected chi connectivity index (χ1v) is 7.25. The SMILES string of the molecule is CCOc1ccc(C(=S)NCCc2ccccc2)cc1. The molecule has 0 heterocycles. The summed E-state index contributed by atoms with van der Waals surface area (Å²) in [6, 6.07) is 18.3. The first kappa shape index (κ1) is 14.5. The van der Waals surface area contributed by atoms with E-state index in [1.165, 1.54) is 5.56 Å². The Hall–Kier alpha value is -1.87. The summed E-state index contributed by atoms with van der Waals surface area (Å²) < 4.78 is 5.42. The van der Waals surface area contributed by atoms with Gasteiger partial charge in [0.05, 0.1) is 6.61 Å². The van der Waals surface area contributed by atoms with Gasteiger partial charge in [0.1, 0.15) is 10.7 Å². The Balaban J connectivity index is 1.82. The van der Waals surface area contributed by atoms with Gasteiger partial charge in [-0.1, -0.05) is 42.5 Å². The van der Waals surface area contributed by atoms with E-state index in [9.17, 15) is 0 Å². The van der Waals surface area contributed by atoms with E-state index in [-0.39, 0.29) is 0 Å². The molecule has 2 nitrogen and oxygen atoms in total. The van der Waals surface area contributed by atoms with E-state index in [0.29, 0.717) is 6.61 Å². The number of hydrogen-bond donors (Lipinski definition) is 1. The van der Waals surface area contributed by atoms with Gasteiger partial charge < -0.3 is 10.1 Å². The molecule has 0 aliphatic carbocycles. The summed E-state index contributed by atoms with van der Waals surface area (Å²) in [6.07, 6.45) is 0.970. The van der Waals surface area contributed by atoms with E-state index >= 15 is 0 Å². The van der Waals surface area contributed by atoms with Gasteiger partial charge in [0.25, 0.3) is 0 Å². The largest absolute Gasteiger partial charge is 0.494 e. The fourth-order valence-corrected chi connectivity index (χ4v) is 2.17. The molecule has 0 spiro atoms. The van der Waals surface area contributed by atoms with Crippen LogP contribution in [0.1, 0.15) is 18.1 Å². The topological polar surface area (TPSA) is 21.3 Å². The number of benzene rings is 2. The predicted molar refractivity (Wildman–Crippen MR) is 87.5 cm³/mol. The second-order valence-electron chi connectivity index (χ2n) is 4.45. The van der Waals surface area contributed by atoms with Gasteiger partial charge in [-0.05, 0) is 43.2 Å². The summed E-state index contributed by atoms with van der Waals surface area (Å²) >= 11 is 5.39. The summed E-state index contributed by atoms with van der Waals surface area (Å²) in [7, 11) is 0. The molecule has 3 heteroatoms. The molecule has 0 bridgehead atoms. The van der Waals surface area contributed by atoms with Crippen molar-refractivity contribution >= 4 is 17.2 Å². The Kier molecular flexibility index (Phi) is 5.56. The molecule has 20 heavy (non-hydrogen) atoms. The zero-order chi connectivity index (χ0) is 14.2. The highest BCUT2D eigenvalue weighted by molar-refractivity contribution is 7.80. The first-order chi connectivity index (χ1) is 9.79. The van der Waals surface area contributed by atoms with Crippen LogP contribution in [0, 0.1) is 0 Å². The Labute approximate surface area is 125 Å². The van der Waals surface area contributed by atoms with Crippen molar-refractivity contribution in [2.75, 3.05) is 13.2 Å². The van der Waals surface area contributed by atoms with Gasteiger partial charge in [-0.2, -0.15) is 0 Å². The van der Waals surface area contributed by atoms with Crippen molar-refractivity contribution in [3.63, 3.8) is 0 Å². The second kappa shape index (κ2) is 7.65. The first-order valence-electron chi connectivity index (χ1n) is 6.84. The quantitative estimate of drug-likeness (QED) is 0.820. The minimum absolute atomic E-state index is 0.680. The van der Waals surface area contributed by atoms with Crippen molar-refractivity contribution in [1.82, 2.24) is 5.32 Å². The van der Waals surface area contributed by atoms with Crippen molar-refractivity contribution < 1.29 is 4.74 Å². The third-order valence-corrected chi connectivity index (χ3v) is 3.35. The van der Waals surface area contributed by atoms with Crippen molar-refractivity contribution in [3.8, 4) is 5.75 Å². The van der Waals surface area contributed by atoms with Crippen LogP contribution in [0.3, 0.4) is 0 Å². The minimum Gasteiger partial charge on any atom is -0.494 e. The van der Waals surface area contributed by atoms with Crippen LogP contribution in [0.4, 0.5) is 0 Å². The monoisotopic (exact) mass is 285 g/mol. The molecule has 2 rings (SSSR count). The number of nitrogens with one attached hydrogen (secondary N) is 1. The lowest BCUT2D eigenvalue weighted by atomic mass is 10.1. The molecule has 0 aliphatic rings. The lowest BCUT2D eigenvalue weighted by molar-refractivity contribution is 0.340. The van der Waals surface area contributed by atoms with Crippen molar-refractivity contribution in [1.29, 1.82) is 0 Å². The number of hydrogen-bond acceptors (Lipinski definition) is 2. The van der Waals surface area contributed by atoms with Gasteiger partial charge in [-0.25, -0.2) is 0 Å². The van der Waals surface area contributed by atoms with Crippen LogP contribution in [-0.2, 0) is 6.42 Å².